The molecule has 1 aromatic carbocycles. The highest BCUT2D eigenvalue weighted by molar-refractivity contribution is 6.44. The van der Waals surface area contributed by atoms with Gasteiger partial charge in [-0.3, -0.25) is 9.20 Å². The minimum absolute atomic E-state index is 0.301. The maximum atomic E-state index is 12.8. The molecule has 7 heteroatoms. The zero-order valence-electron chi connectivity index (χ0n) is 13.0. The van der Waals surface area contributed by atoms with Crippen molar-refractivity contribution in [1.82, 2.24) is 9.38 Å². The molecule has 0 fully saturated rings. The van der Waals surface area contributed by atoms with Crippen molar-refractivity contribution < 1.29 is 4.79 Å². The van der Waals surface area contributed by atoms with Crippen molar-refractivity contribution in [3.8, 4) is 0 Å². The van der Waals surface area contributed by atoms with Crippen molar-refractivity contribution >= 4 is 52.0 Å². The Morgan fingerprint density at radius 2 is 1.88 bits per heavy atom. The number of carbonyl (C=O) groups is 1. The number of anilines is 1. The van der Waals surface area contributed by atoms with Gasteiger partial charge in [0, 0.05) is 6.20 Å². The van der Waals surface area contributed by atoms with Gasteiger partial charge in [0.2, 0.25) is 0 Å². The van der Waals surface area contributed by atoms with Gasteiger partial charge in [0.1, 0.15) is 11.3 Å². The molecule has 0 radical (unpaired) electrons. The van der Waals surface area contributed by atoms with Crippen LogP contribution in [0.5, 0.6) is 0 Å². The molecule has 0 unspecified atom stereocenters. The molecular weight excluding hydrogens is 369 g/mol. The topological polar surface area (TPSA) is 46.4 Å². The van der Waals surface area contributed by atoms with Crippen molar-refractivity contribution in [2.75, 3.05) is 5.32 Å². The van der Waals surface area contributed by atoms with E-state index in [9.17, 15) is 4.79 Å². The maximum Gasteiger partial charge on any atom is 0.274 e. The van der Waals surface area contributed by atoms with Crippen LogP contribution >= 0.6 is 34.8 Å². The Kier molecular flexibility index (Phi) is 4.72. The summed E-state index contributed by atoms with van der Waals surface area (Å²) in [6.07, 6.45) is 2.52. The molecule has 0 saturated carbocycles. The molecule has 1 amide bonds. The molecule has 0 aliphatic heterocycles. The number of carbonyl (C=O) groups excluding carboxylic acids is 1. The Labute approximate surface area is 154 Å². The van der Waals surface area contributed by atoms with E-state index in [-0.39, 0.29) is 5.91 Å². The fourth-order valence-corrected chi connectivity index (χ4v) is 3.08. The predicted molar refractivity (Wildman–Crippen MR) is 98.7 cm³/mol. The van der Waals surface area contributed by atoms with Crippen molar-refractivity contribution in [2.24, 2.45) is 0 Å². The van der Waals surface area contributed by atoms with Gasteiger partial charge in [0.05, 0.1) is 26.4 Å². The van der Waals surface area contributed by atoms with Crippen molar-refractivity contribution in [3.05, 3.63) is 62.5 Å². The quantitative estimate of drug-likeness (QED) is 0.615. The number of aryl methyl sites for hydroxylation is 2. The highest BCUT2D eigenvalue weighted by atomic mass is 35.5. The Balaban J connectivity index is 2.06. The van der Waals surface area contributed by atoms with Crippen LogP contribution < -0.4 is 5.32 Å². The van der Waals surface area contributed by atoms with Gasteiger partial charge in [-0.2, -0.15) is 0 Å². The lowest BCUT2D eigenvalue weighted by Gasteiger charge is -2.10. The van der Waals surface area contributed by atoms with E-state index in [1.807, 2.05) is 32.2 Å². The normalized spacial score (nSPS) is 11.0. The first-order valence-corrected chi connectivity index (χ1v) is 8.47. The first-order valence-electron chi connectivity index (χ1n) is 7.34. The Hall–Kier alpha value is -1.75. The third-order valence-corrected chi connectivity index (χ3v) is 4.68. The molecule has 0 aliphatic carbocycles. The van der Waals surface area contributed by atoms with Gasteiger partial charge in [-0.1, -0.05) is 47.8 Å². The van der Waals surface area contributed by atoms with Crippen LogP contribution in [0.3, 0.4) is 0 Å². The summed E-state index contributed by atoms with van der Waals surface area (Å²) in [4.78, 5) is 17.3. The largest absolute Gasteiger partial charge is 0.319 e. The van der Waals surface area contributed by atoms with Gasteiger partial charge in [0.25, 0.3) is 5.91 Å². The molecule has 0 aliphatic rings. The van der Waals surface area contributed by atoms with Gasteiger partial charge >= 0.3 is 0 Å². The van der Waals surface area contributed by atoms with Crippen LogP contribution in [0.25, 0.3) is 5.65 Å². The van der Waals surface area contributed by atoms with E-state index >= 15 is 0 Å². The van der Waals surface area contributed by atoms with E-state index in [0.717, 1.165) is 11.2 Å². The lowest BCUT2D eigenvalue weighted by molar-refractivity contribution is 0.102. The molecule has 3 rings (SSSR count). The van der Waals surface area contributed by atoms with Crippen molar-refractivity contribution in [3.63, 3.8) is 0 Å². The van der Waals surface area contributed by atoms with Gasteiger partial charge in [-0.15, -0.1) is 0 Å². The van der Waals surface area contributed by atoms with Gasteiger partial charge in [-0.05, 0) is 37.1 Å². The average molecular weight is 383 g/mol. The molecule has 4 nitrogen and oxygen atoms in total. The predicted octanol–water partition coefficient (Wildman–Crippen LogP) is 5.42. The number of nitrogens with zero attached hydrogens (tertiary/aromatic N) is 2. The van der Waals surface area contributed by atoms with Crippen LogP contribution in [0.15, 0.2) is 30.5 Å². The highest BCUT2D eigenvalue weighted by Gasteiger charge is 2.19. The second-order valence-electron chi connectivity index (χ2n) is 5.40. The van der Waals surface area contributed by atoms with E-state index < -0.39 is 0 Å². The molecular formula is C17H14Cl3N3O. The number of hydrogen-bond acceptors (Lipinski definition) is 2. The number of rotatable bonds is 3. The van der Waals surface area contributed by atoms with Crippen LogP contribution in [0.2, 0.25) is 15.1 Å². The van der Waals surface area contributed by atoms with Crippen molar-refractivity contribution in [2.45, 2.75) is 20.3 Å². The Morgan fingerprint density at radius 3 is 2.58 bits per heavy atom. The van der Waals surface area contributed by atoms with Crippen LogP contribution in [-0.4, -0.2) is 15.3 Å². The van der Waals surface area contributed by atoms with Gasteiger partial charge in [-0.25, -0.2) is 4.98 Å². The Bertz CT molecular complexity index is 950. The number of aromatic nitrogens is 2. The molecule has 24 heavy (non-hydrogen) atoms. The summed E-state index contributed by atoms with van der Waals surface area (Å²) in [7, 11) is 0. The summed E-state index contributed by atoms with van der Waals surface area (Å²) < 4.78 is 1.79. The summed E-state index contributed by atoms with van der Waals surface area (Å²) in [5.41, 5.74) is 3.36. The fourth-order valence-electron chi connectivity index (χ4n) is 2.49. The van der Waals surface area contributed by atoms with E-state index in [4.69, 9.17) is 34.8 Å². The molecule has 2 aromatic heterocycles. The molecule has 2 heterocycles. The smallest absolute Gasteiger partial charge is 0.274 e. The SMILES string of the molecule is CCc1nc2ccc(C)cn2c1C(=O)Nc1cc(Cl)c(Cl)cc1Cl. The fraction of sp³-hybridized carbons (Fsp3) is 0.176. The van der Waals surface area contributed by atoms with E-state index in [0.29, 0.717) is 38.6 Å². The monoisotopic (exact) mass is 381 g/mol. The summed E-state index contributed by atoms with van der Waals surface area (Å²) in [5, 5.41) is 3.77. The lowest BCUT2D eigenvalue weighted by atomic mass is 10.2. The number of pyridine rings is 1. The minimum atomic E-state index is -0.301. The second-order valence-corrected chi connectivity index (χ2v) is 6.62. The number of halogens is 3. The van der Waals surface area contributed by atoms with E-state index in [1.54, 1.807) is 4.40 Å². The molecule has 0 bridgehead atoms. The van der Waals surface area contributed by atoms with Gasteiger partial charge in [0.15, 0.2) is 0 Å². The number of fused-ring (bicyclic) bond motifs is 1. The molecule has 1 N–H and O–H groups in total. The Morgan fingerprint density at radius 1 is 1.17 bits per heavy atom. The first kappa shape index (κ1) is 17.1. The van der Waals surface area contributed by atoms with Crippen molar-refractivity contribution in [1.29, 1.82) is 0 Å². The van der Waals surface area contributed by atoms with Gasteiger partial charge < -0.3 is 5.32 Å². The highest BCUT2D eigenvalue weighted by Crippen LogP contribution is 2.32. The van der Waals surface area contributed by atoms with Crippen LogP contribution in [0.1, 0.15) is 28.7 Å². The summed E-state index contributed by atoms with van der Waals surface area (Å²) >= 11 is 18.1. The molecule has 0 atom stereocenters. The van der Waals surface area contributed by atoms with Crippen LogP contribution in [0.4, 0.5) is 5.69 Å². The number of hydrogen-bond donors (Lipinski definition) is 1. The van der Waals surface area contributed by atoms with Crippen LogP contribution in [0, 0.1) is 6.92 Å². The average Bonchev–Trinajstić information content (AvgIpc) is 2.90. The lowest BCUT2D eigenvalue weighted by Crippen LogP contribution is -2.16. The van der Waals surface area contributed by atoms with E-state index in [1.165, 1.54) is 12.1 Å². The summed E-state index contributed by atoms with van der Waals surface area (Å²) in [6.45, 7) is 3.92. The number of imidazole rings is 1. The van der Waals surface area contributed by atoms with Crippen LogP contribution in [-0.2, 0) is 6.42 Å². The number of amides is 1. The molecule has 124 valence electrons. The maximum absolute atomic E-state index is 12.8. The number of benzene rings is 1. The molecule has 3 aromatic rings. The minimum Gasteiger partial charge on any atom is -0.319 e. The first-order chi connectivity index (χ1) is 11.4. The third kappa shape index (κ3) is 3.09. The third-order valence-electron chi connectivity index (χ3n) is 3.65. The standard InChI is InChI=1S/C17H14Cl3N3O/c1-3-13-16(23-8-9(2)4-5-15(23)21-13)17(24)22-14-7-11(19)10(18)6-12(14)20/h4-8H,3H2,1-2H3,(H,22,24). The molecule has 0 spiro atoms. The summed E-state index contributed by atoms with van der Waals surface area (Å²) in [5.74, 6) is -0.301. The van der Waals surface area contributed by atoms with E-state index in [2.05, 4.69) is 10.3 Å². The molecule has 0 saturated heterocycles. The number of nitrogens with one attached hydrogen (secondary N) is 1. The second kappa shape index (κ2) is 6.63. The zero-order chi connectivity index (χ0) is 17.4. The summed E-state index contributed by atoms with van der Waals surface area (Å²) in [6, 6.07) is 6.88. The zero-order valence-corrected chi connectivity index (χ0v) is 15.3.